The number of hydrogen-bond acceptors (Lipinski definition) is 4. The van der Waals surface area contributed by atoms with Gasteiger partial charge in [-0.2, -0.15) is 0 Å². The van der Waals surface area contributed by atoms with Crippen molar-refractivity contribution < 1.29 is 45.3 Å². The average Bonchev–Trinajstić information content (AvgIpc) is 2.42. The summed E-state index contributed by atoms with van der Waals surface area (Å²) in [4.78, 5) is 22.5. The molecular weight excluding hydrogens is 277 g/mol. The fraction of sp³-hybridized carbons (Fsp3) is 0.875. The normalized spacial score (nSPS) is 11.6. The minimum absolute atomic E-state index is 0. The SMILES string of the molecule is CCCCCCCCCCCC(=O)COC(=O)[C@H](C)N.[H-].[Na+]. The van der Waals surface area contributed by atoms with Gasteiger partial charge in [-0.1, -0.05) is 58.3 Å². The number of rotatable bonds is 13. The third-order valence-electron chi connectivity index (χ3n) is 3.31. The van der Waals surface area contributed by atoms with Crippen LogP contribution in [0.4, 0.5) is 0 Å². The third kappa shape index (κ3) is 16.3. The van der Waals surface area contributed by atoms with Gasteiger partial charge in [-0.15, -0.1) is 0 Å². The molecule has 0 fully saturated rings. The Morgan fingerprint density at radius 3 is 1.95 bits per heavy atom. The van der Waals surface area contributed by atoms with Gasteiger partial charge in [0.25, 0.3) is 0 Å². The number of carbonyl (C=O) groups is 2. The van der Waals surface area contributed by atoms with Crippen molar-refractivity contribution >= 4 is 11.8 Å². The van der Waals surface area contributed by atoms with Crippen LogP contribution in [0.2, 0.25) is 0 Å². The molecular formula is C16H32NNaO3. The minimum atomic E-state index is -0.657. The predicted molar refractivity (Wildman–Crippen MR) is 82.6 cm³/mol. The van der Waals surface area contributed by atoms with Gasteiger partial charge < -0.3 is 11.9 Å². The molecule has 0 bridgehead atoms. The first-order valence-electron chi connectivity index (χ1n) is 8.01. The van der Waals surface area contributed by atoms with Gasteiger partial charge in [0.05, 0.1) is 0 Å². The topological polar surface area (TPSA) is 69.4 Å². The Labute approximate surface area is 153 Å². The summed E-state index contributed by atoms with van der Waals surface area (Å²) in [7, 11) is 0. The molecule has 0 heterocycles. The summed E-state index contributed by atoms with van der Waals surface area (Å²) in [6, 6.07) is -0.657. The summed E-state index contributed by atoms with van der Waals surface area (Å²) in [5.41, 5.74) is 5.33. The molecule has 0 unspecified atom stereocenters. The molecule has 21 heavy (non-hydrogen) atoms. The van der Waals surface area contributed by atoms with Crippen LogP contribution in [0.3, 0.4) is 0 Å². The molecule has 0 rings (SSSR count). The van der Waals surface area contributed by atoms with Crippen LogP contribution in [0, 0.1) is 0 Å². The van der Waals surface area contributed by atoms with Crippen LogP contribution >= 0.6 is 0 Å². The Morgan fingerprint density at radius 1 is 1.00 bits per heavy atom. The van der Waals surface area contributed by atoms with Crippen molar-refractivity contribution in [2.24, 2.45) is 5.73 Å². The number of esters is 1. The van der Waals surface area contributed by atoms with E-state index < -0.39 is 12.0 Å². The summed E-state index contributed by atoms with van der Waals surface area (Å²) < 4.78 is 4.78. The second kappa shape index (κ2) is 16.5. The van der Waals surface area contributed by atoms with Crippen molar-refractivity contribution in [3.05, 3.63) is 0 Å². The van der Waals surface area contributed by atoms with E-state index in [1.165, 1.54) is 44.9 Å². The monoisotopic (exact) mass is 309 g/mol. The van der Waals surface area contributed by atoms with E-state index in [9.17, 15) is 9.59 Å². The number of unbranched alkanes of at least 4 members (excludes halogenated alkanes) is 8. The molecule has 0 saturated heterocycles. The van der Waals surface area contributed by atoms with Crippen LogP contribution in [-0.2, 0) is 14.3 Å². The molecule has 0 radical (unpaired) electrons. The molecule has 4 nitrogen and oxygen atoms in total. The fourth-order valence-corrected chi connectivity index (χ4v) is 1.99. The first-order valence-corrected chi connectivity index (χ1v) is 8.01. The largest absolute Gasteiger partial charge is 1.00 e. The molecule has 0 aromatic heterocycles. The van der Waals surface area contributed by atoms with E-state index in [0.29, 0.717) is 6.42 Å². The standard InChI is InChI=1S/C16H31NO3.Na.H/c1-3-4-5-6-7-8-9-10-11-12-15(18)13-20-16(19)14(2)17;;/h14H,3-13,17H2,1-2H3;;/q;+1;-1/t14-;;/m0../s1. The molecule has 0 aromatic rings. The Bertz CT molecular complexity index is 276. The smallest absolute Gasteiger partial charge is 1.00 e. The van der Waals surface area contributed by atoms with Gasteiger partial charge in [0.2, 0.25) is 0 Å². The number of hydrogen-bond donors (Lipinski definition) is 1. The maximum Gasteiger partial charge on any atom is 1.00 e. The van der Waals surface area contributed by atoms with Crippen molar-refractivity contribution in [2.45, 2.75) is 84.1 Å². The predicted octanol–water partition coefficient (Wildman–Crippen LogP) is 0.483. The van der Waals surface area contributed by atoms with Gasteiger partial charge in [0.1, 0.15) is 12.6 Å². The van der Waals surface area contributed by atoms with E-state index in [-0.39, 0.29) is 43.4 Å². The van der Waals surface area contributed by atoms with Crippen LogP contribution in [-0.4, -0.2) is 24.4 Å². The fourth-order valence-electron chi connectivity index (χ4n) is 1.99. The molecule has 0 aliphatic rings. The van der Waals surface area contributed by atoms with Crippen LogP contribution in [0.15, 0.2) is 0 Å². The summed E-state index contributed by atoms with van der Waals surface area (Å²) >= 11 is 0. The van der Waals surface area contributed by atoms with Gasteiger partial charge in [-0.25, -0.2) is 0 Å². The Hall–Kier alpha value is 0.1000. The van der Waals surface area contributed by atoms with Crippen molar-refractivity contribution in [2.75, 3.05) is 6.61 Å². The number of Topliss-reactive ketones (excluding diaryl/α,β-unsaturated/α-hetero) is 1. The van der Waals surface area contributed by atoms with Gasteiger partial charge >= 0.3 is 35.5 Å². The molecule has 0 aliphatic heterocycles. The van der Waals surface area contributed by atoms with E-state index in [2.05, 4.69) is 6.92 Å². The zero-order valence-electron chi connectivity index (χ0n) is 15.2. The molecule has 120 valence electrons. The van der Waals surface area contributed by atoms with Gasteiger partial charge in [-0.3, -0.25) is 9.59 Å². The summed E-state index contributed by atoms with van der Waals surface area (Å²) in [5, 5.41) is 0. The summed E-state index contributed by atoms with van der Waals surface area (Å²) in [6.45, 7) is 3.65. The van der Waals surface area contributed by atoms with Crippen LogP contribution in [0.1, 0.15) is 79.5 Å². The van der Waals surface area contributed by atoms with E-state index in [4.69, 9.17) is 10.5 Å². The van der Waals surface area contributed by atoms with Gasteiger partial charge in [-0.05, 0) is 13.3 Å². The summed E-state index contributed by atoms with van der Waals surface area (Å²) in [5.74, 6) is -0.521. The van der Waals surface area contributed by atoms with Crippen molar-refractivity contribution in [3.63, 3.8) is 0 Å². The van der Waals surface area contributed by atoms with E-state index >= 15 is 0 Å². The summed E-state index contributed by atoms with van der Waals surface area (Å²) in [6.07, 6.45) is 11.5. The molecule has 2 N–H and O–H groups in total. The number of carbonyl (C=O) groups excluding carboxylic acids is 2. The zero-order chi connectivity index (χ0) is 15.2. The maximum atomic E-state index is 11.5. The molecule has 0 spiro atoms. The van der Waals surface area contributed by atoms with Crippen LogP contribution < -0.4 is 35.3 Å². The van der Waals surface area contributed by atoms with E-state index in [1.54, 1.807) is 6.92 Å². The number of ketones is 1. The van der Waals surface area contributed by atoms with Crippen molar-refractivity contribution in [1.82, 2.24) is 0 Å². The Morgan fingerprint density at radius 2 is 1.48 bits per heavy atom. The van der Waals surface area contributed by atoms with E-state index in [1.807, 2.05) is 0 Å². The molecule has 5 heteroatoms. The van der Waals surface area contributed by atoms with Crippen molar-refractivity contribution in [1.29, 1.82) is 0 Å². The Kier molecular flexibility index (Phi) is 18.3. The second-order valence-electron chi connectivity index (χ2n) is 5.51. The number of nitrogens with two attached hydrogens (primary N) is 1. The Balaban J connectivity index is -0.00000180. The zero-order valence-corrected chi connectivity index (χ0v) is 16.2. The minimum Gasteiger partial charge on any atom is -1.00 e. The average molecular weight is 309 g/mol. The second-order valence-corrected chi connectivity index (χ2v) is 5.51. The molecule has 0 aromatic carbocycles. The molecule has 0 saturated carbocycles. The maximum absolute atomic E-state index is 11.5. The van der Waals surface area contributed by atoms with Crippen LogP contribution in [0.25, 0.3) is 0 Å². The first-order chi connectivity index (χ1) is 9.57. The first kappa shape index (κ1) is 23.4. The molecule has 0 amide bonds. The van der Waals surface area contributed by atoms with Crippen molar-refractivity contribution in [3.8, 4) is 0 Å². The van der Waals surface area contributed by atoms with Crippen LogP contribution in [0.5, 0.6) is 0 Å². The quantitative estimate of drug-likeness (QED) is 0.305. The van der Waals surface area contributed by atoms with Gasteiger partial charge in [0, 0.05) is 6.42 Å². The van der Waals surface area contributed by atoms with E-state index in [0.717, 1.165) is 12.8 Å². The molecule has 0 aliphatic carbocycles. The number of ether oxygens (including phenoxy) is 1. The third-order valence-corrected chi connectivity index (χ3v) is 3.31. The molecule has 1 atom stereocenters. The van der Waals surface area contributed by atoms with Gasteiger partial charge in [0.15, 0.2) is 5.78 Å².